The Kier molecular flexibility index (Phi) is 3.94. The summed E-state index contributed by atoms with van der Waals surface area (Å²) in [6.45, 7) is -0.619. The number of nitrogens with two attached hydrogens (primary N) is 1. The van der Waals surface area contributed by atoms with E-state index in [2.05, 4.69) is 15.3 Å². The summed E-state index contributed by atoms with van der Waals surface area (Å²) in [6.07, 6.45) is -1.03. The zero-order valence-corrected chi connectivity index (χ0v) is 12.3. The van der Waals surface area contributed by atoms with Gasteiger partial charge in [-0.25, -0.2) is 9.78 Å². The van der Waals surface area contributed by atoms with Crippen molar-refractivity contribution in [2.45, 2.75) is 24.4 Å². The first-order valence-electron chi connectivity index (χ1n) is 7.03. The smallest absolute Gasteiger partial charge is 0.351 e. The number of aromatic nitrogens is 4. The Morgan fingerprint density at radius 3 is 2.88 bits per heavy atom. The molecule has 3 rings (SSSR count). The van der Waals surface area contributed by atoms with Crippen LogP contribution in [-0.2, 0) is 0 Å². The molecule has 0 amide bonds. The molecular weight excluding hydrogens is 318 g/mol. The van der Waals surface area contributed by atoms with Gasteiger partial charge in [0.2, 0.25) is 0 Å². The average Bonchev–Trinajstić information content (AvgIpc) is 2.97. The van der Waals surface area contributed by atoms with E-state index in [0.29, 0.717) is 0 Å². The van der Waals surface area contributed by atoms with Crippen molar-refractivity contribution in [3.8, 4) is 6.07 Å². The number of anilines is 2. The van der Waals surface area contributed by atoms with Crippen LogP contribution >= 0.6 is 0 Å². The largest absolute Gasteiger partial charge is 0.394 e. The number of nitrogen functional groups attached to an aromatic ring is 1. The number of nitriles is 1. The van der Waals surface area contributed by atoms with Gasteiger partial charge in [0.15, 0.2) is 5.69 Å². The van der Waals surface area contributed by atoms with E-state index in [1.807, 2.05) is 6.07 Å². The molecule has 11 heteroatoms. The lowest BCUT2D eigenvalue weighted by Crippen LogP contribution is -2.55. The van der Waals surface area contributed by atoms with Gasteiger partial charge in [0, 0.05) is 6.20 Å². The van der Waals surface area contributed by atoms with Gasteiger partial charge in [0.1, 0.15) is 30.0 Å². The number of hydrogen-bond acceptors (Lipinski definition) is 9. The molecule has 0 radical (unpaired) electrons. The van der Waals surface area contributed by atoms with Crippen LogP contribution in [-0.4, -0.2) is 59.3 Å². The minimum Gasteiger partial charge on any atom is -0.394 e. The number of imidazole rings is 1. The lowest BCUT2D eigenvalue weighted by Gasteiger charge is -2.39. The molecule has 3 heterocycles. The fourth-order valence-corrected chi connectivity index (χ4v) is 2.74. The van der Waals surface area contributed by atoms with Gasteiger partial charge < -0.3 is 26.4 Å². The fourth-order valence-electron chi connectivity index (χ4n) is 2.74. The maximum Gasteiger partial charge on any atom is 0.351 e. The van der Waals surface area contributed by atoms with E-state index in [-0.39, 0.29) is 17.3 Å². The van der Waals surface area contributed by atoms with E-state index >= 15 is 0 Å². The van der Waals surface area contributed by atoms with Crippen molar-refractivity contribution < 1.29 is 15.3 Å². The van der Waals surface area contributed by atoms with Crippen molar-refractivity contribution in [1.82, 2.24) is 19.1 Å². The first kappa shape index (κ1) is 15.9. The van der Waals surface area contributed by atoms with Crippen molar-refractivity contribution in [2.75, 3.05) is 17.7 Å². The molecular formula is C13H15N7O4. The summed E-state index contributed by atoms with van der Waals surface area (Å²) in [7, 11) is 0. The summed E-state index contributed by atoms with van der Waals surface area (Å²) in [5.74, 6) is 0.240. The topological polar surface area (TPSA) is 175 Å². The Morgan fingerprint density at radius 1 is 1.50 bits per heavy atom. The number of fused-ring (bicyclic) bond motifs is 1. The third kappa shape index (κ3) is 2.38. The highest BCUT2D eigenvalue weighted by Gasteiger charge is 2.41. The zero-order valence-electron chi connectivity index (χ0n) is 12.3. The quantitative estimate of drug-likeness (QED) is 0.405. The molecule has 6 N–H and O–H groups in total. The van der Waals surface area contributed by atoms with Crippen LogP contribution in [0.25, 0.3) is 0 Å². The van der Waals surface area contributed by atoms with Crippen molar-refractivity contribution in [1.29, 1.82) is 5.26 Å². The van der Waals surface area contributed by atoms with Crippen LogP contribution < -0.4 is 16.7 Å². The Labute approximate surface area is 135 Å². The van der Waals surface area contributed by atoms with Gasteiger partial charge in [0.05, 0.1) is 25.1 Å². The average molecular weight is 333 g/mol. The third-order valence-electron chi connectivity index (χ3n) is 3.90. The number of aliphatic hydroxyl groups is 3. The fraction of sp³-hybridized carbons (Fsp3) is 0.385. The molecule has 11 nitrogen and oxygen atoms in total. The molecule has 0 unspecified atom stereocenters. The second-order valence-electron chi connectivity index (χ2n) is 5.33. The summed E-state index contributed by atoms with van der Waals surface area (Å²) in [6, 6.07) is 2.24. The van der Waals surface area contributed by atoms with Gasteiger partial charge in [-0.1, -0.05) is 0 Å². The summed E-state index contributed by atoms with van der Waals surface area (Å²) in [5.41, 5.74) is 4.79. The molecule has 0 saturated carbocycles. The van der Waals surface area contributed by atoms with E-state index in [9.17, 15) is 20.1 Å². The van der Waals surface area contributed by atoms with E-state index in [4.69, 9.17) is 11.0 Å². The molecule has 126 valence electrons. The highest BCUT2D eigenvalue weighted by Crippen LogP contribution is 2.31. The van der Waals surface area contributed by atoms with Gasteiger partial charge >= 0.3 is 5.69 Å². The van der Waals surface area contributed by atoms with Gasteiger partial charge in [-0.3, -0.25) is 9.13 Å². The molecule has 0 spiro atoms. The van der Waals surface area contributed by atoms with Crippen LogP contribution in [0, 0.1) is 11.3 Å². The van der Waals surface area contributed by atoms with Crippen LogP contribution in [0.3, 0.4) is 0 Å². The van der Waals surface area contributed by atoms with Crippen LogP contribution in [0.5, 0.6) is 0 Å². The predicted molar refractivity (Wildman–Crippen MR) is 80.8 cm³/mol. The third-order valence-corrected chi connectivity index (χ3v) is 3.90. The first-order valence-corrected chi connectivity index (χ1v) is 7.03. The molecule has 0 aliphatic carbocycles. The Bertz CT molecular complexity index is 855. The van der Waals surface area contributed by atoms with Gasteiger partial charge in [0.25, 0.3) is 0 Å². The maximum atomic E-state index is 12.1. The van der Waals surface area contributed by atoms with E-state index in [1.54, 1.807) is 0 Å². The van der Waals surface area contributed by atoms with Crippen LogP contribution in [0.15, 0.2) is 23.4 Å². The minimum absolute atomic E-state index is 0.0233. The summed E-state index contributed by atoms with van der Waals surface area (Å²) >= 11 is 0. The Hall–Kier alpha value is -2.94. The van der Waals surface area contributed by atoms with Crippen molar-refractivity contribution in [3.05, 3.63) is 34.8 Å². The van der Waals surface area contributed by atoms with E-state index < -0.39 is 36.7 Å². The van der Waals surface area contributed by atoms with Crippen LogP contribution in [0.1, 0.15) is 11.9 Å². The monoisotopic (exact) mass is 333 g/mol. The Balaban J connectivity index is 2.18. The second-order valence-corrected chi connectivity index (χ2v) is 5.33. The van der Waals surface area contributed by atoms with E-state index in [0.717, 1.165) is 4.57 Å². The van der Waals surface area contributed by atoms with Gasteiger partial charge in [-0.2, -0.15) is 10.2 Å². The van der Waals surface area contributed by atoms with Crippen molar-refractivity contribution in [3.63, 3.8) is 0 Å². The lowest BCUT2D eigenvalue weighted by molar-refractivity contribution is -0.00552. The summed E-state index contributed by atoms with van der Waals surface area (Å²) in [4.78, 5) is 19.7. The highest BCUT2D eigenvalue weighted by atomic mass is 16.3. The normalized spacial score (nSPS) is 23.8. The zero-order chi connectivity index (χ0) is 17.4. The second kappa shape index (κ2) is 5.93. The number of nitrogens with zero attached hydrogens (tertiary/aromatic N) is 5. The summed E-state index contributed by atoms with van der Waals surface area (Å²) in [5, 5.41) is 41.7. The number of rotatable bonds is 3. The summed E-state index contributed by atoms with van der Waals surface area (Å²) < 4.78 is 2.51. The lowest BCUT2D eigenvalue weighted by atomic mass is 10.00. The molecule has 1 aliphatic rings. The number of aliphatic hydroxyl groups excluding tert-OH is 3. The molecule has 0 aromatic carbocycles. The van der Waals surface area contributed by atoms with Crippen molar-refractivity contribution in [2.24, 2.45) is 0 Å². The van der Waals surface area contributed by atoms with Gasteiger partial charge in [-0.05, 0) is 6.07 Å². The number of nitrogens with one attached hydrogen (secondary N) is 1. The molecule has 0 bridgehead atoms. The van der Waals surface area contributed by atoms with Crippen LogP contribution in [0.2, 0.25) is 0 Å². The minimum atomic E-state index is -1.32. The molecule has 2 aromatic heterocycles. The highest BCUT2D eigenvalue weighted by molar-refractivity contribution is 5.52. The predicted octanol–water partition coefficient (Wildman–Crippen LogP) is -2.55. The Morgan fingerprint density at radius 2 is 2.25 bits per heavy atom. The van der Waals surface area contributed by atoms with Crippen LogP contribution in [0.4, 0.5) is 11.6 Å². The maximum absolute atomic E-state index is 12.1. The van der Waals surface area contributed by atoms with Crippen molar-refractivity contribution >= 4 is 11.6 Å². The standard InChI is InChI=1S/C13H15N7O4/c14-3-6-11-18-9(7(22)4-21)10(23)12(20(11)5-16-6)19-2-1-8(15)17-13(19)24/h1-2,5,7,9-10,12,18,21-23H,4H2,(H2,15,17,24)/t7-,9-,10-,12+/m0/s1. The SMILES string of the molecule is N#Cc1ncn2c1N[C@@H]([C@@H](O)CO)[C@H](O)[C@@H]2n1ccc(N)nc1=O. The van der Waals surface area contributed by atoms with Gasteiger partial charge in [-0.15, -0.1) is 0 Å². The molecule has 1 aliphatic heterocycles. The molecule has 4 atom stereocenters. The molecule has 0 saturated heterocycles. The number of hydrogen-bond donors (Lipinski definition) is 5. The van der Waals surface area contributed by atoms with E-state index in [1.165, 1.54) is 23.2 Å². The first-order chi connectivity index (χ1) is 11.5. The molecule has 24 heavy (non-hydrogen) atoms. The molecule has 2 aromatic rings. The molecule has 0 fully saturated rings.